The van der Waals surface area contributed by atoms with Crippen LogP contribution in [0.15, 0.2) is 0 Å². The quantitative estimate of drug-likeness (QED) is 0.635. The van der Waals surface area contributed by atoms with Crippen LogP contribution < -0.4 is 0 Å². The minimum absolute atomic E-state index is 0.176. The molecule has 3 aliphatic rings. The minimum Gasteiger partial charge on any atom is -0.472 e. The van der Waals surface area contributed by atoms with Gasteiger partial charge in [0.25, 0.3) is 0 Å². The maximum atomic E-state index is 10.5. The van der Waals surface area contributed by atoms with Crippen molar-refractivity contribution in [3.8, 4) is 23.7 Å². The van der Waals surface area contributed by atoms with Gasteiger partial charge in [-0.15, -0.1) is 0 Å². The smallest absolute Gasteiger partial charge is 0.381 e. The van der Waals surface area contributed by atoms with Crippen LogP contribution >= 0.6 is 0 Å². The van der Waals surface area contributed by atoms with E-state index in [1.54, 1.807) is 0 Å². The standard InChI is InChI=1S/C14H14O4/c15-11(16)1-3-13-5-8-14(9-6-13,10-7-13)4-2-12(17)18/h5-10H2,(H,15,16)(H,17,18). The van der Waals surface area contributed by atoms with Gasteiger partial charge in [-0.25, -0.2) is 9.59 Å². The molecular formula is C14H14O4. The van der Waals surface area contributed by atoms with Gasteiger partial charge in [0.15, 0.2) is 0 Å². The second kappa shape index (κ2) is 4.38. The van der Waals surface area contributed by atoms with Gasteiger partial charge in [0.1, 0.15) is 0 Å². The molecule has 0 heterocycles. The number of carboxylic acids is 2. The maximum Gasteiger partial charge on any atom is 0.381 e. The number of rotatable bonds is 0. The summed E-state index contributed by atoms with van der Waals surface area (Å²) in [7, 11) is 0. The predicted octanol–water partition coefficient (Wildman–Crippen LogP) is 1.50. The van der Waals surface area contributed by atoms with Crippen molar-refractivity contribution in [2.75, 3.05) is 0 Å². The van der Waals surface area contributed by atoms with E-state index in [0.29, 0.717) is 0 Å². The number of fused-ring (bicyclic) bond motifs is 3. The first-order valence-corrected chi connectivity index (χ1v) is 5.98. The van der Waals surface area contributed by atoms with E-state index in [4.69, 9.17) is 10.2 Å². The van der Waals surface area contributed by atoms with Crippen molar-refractivity contribution in [2.45, 2.75) is 38.5 Å². The van der Waals surface area contributed by atoms with E-state index in [1.807, 2.05) is 0 Å². The molecule has 18 heavy (non-hydrogen) atoms. The topological polar surface area (TPSA) is 74.6 Å². The number of hydrogen-bond donors (Lipinski definition) is 2. The summed E-state index contributed by atoms with van der Waals surface area (Å²) in [5, 5.41) is 17.2. The van der Waals surface area contributed by atoms with Crippen molar-refractivity contribution >= 4 is 11.9 Å². The molecule has 3 aliphatic carbocycles. The van der Waals surface area contributed by atoms with Crippen LogP contribution in [0.2, 0.25) is 0 Å². The maximum absolute atomic E-state index is 10.5. The Morgan fingerprint density at radius 2 is 1.00 bits per heavy atom. The first-order valence-electron chi connectivity index (χ1n) is 5.98. The monoisotopic (exact) mass is 246 g/mol. The minimum atomic E-state index is -1.09. The van der Waals surface area contributed by atoms with Crippen molar-refractivity contribution in [3.05, 3.63) is 0 Å². The second-order valence-electron chi connectivity index (χ2n) is 5.17. The normalized spacial score (nSPS) is 32.7. The van der Waals surface area contributed by atoms with E-state index in [9.17, 15) is 9.59 Å². The number of carboxylic acid groups (broad SMARTS) is 2. The van der Waals surface area contributed by atoms with Crippen LogP contribution in [0.25, 0.3) is 0 Å². The molecule has 2 bridgehead atoms. The Hall–Kier alpha value is -1.94. The van der Waals surface area contributed by atoms with E-state index in [1.165, 1.54) is 0 Å². The highest BCUT2D eigenvalue weighted by Gasteiger charge is 2.47. The van der Waals surface area contributed by atoms with Crippen LogP contribution in [0.1, 0.15) is 38.5 Å². The summed E-state index contributed by atoms with van der Waals surface area (Å²) in [6.07, 6.45) is 4.93. The van der Waals surface area contributed by atoms with Gasteiger partial charge >= 0.3 is 11.9 Å². The second-order valence-corrected chi connectivity index (χ2v) is 5.17. The molecule has 0 aromatic heterocycles. The lowest BCUT2D eigenvalue weighted by Crippen LogP contribution is -2.40. The lowest BCUT2D eigenvalue weighted by Gasteiger charge is -2.48. The summed E-state index contributed by atoms with van der Waals surface area (Å²) in [5.41, 5.74) is -0.351. The highest BCUT2D eigenvalue weighted by atomic mass is 16.4. The van der Waals surface area contributed by atoms with Crippen molar-refractivity contribution < 1.29 is 19.8 Å². The fourth-order valence-corrected chi connectivity index (χ4v) is 2.93. The average Bonchev–Trinajstić information content (AvgIpc) is 2.37. The van der Waals surface area contributed by atoms with E-state index in [-0.39, 0.29) is 10.8 Å². The molecular weight excluding hydrogens is 232 g/mol. The van der Waals surface area contributed by atoms with E-state index in [2.05, 4.69) is 23.7 Å². The highest BCUT2D eigenvalue weighted by molar-refractivity contribution is 5.87. The van der Waals surface area contributed by atoms with Crippen LogP contribution in [0.4, 0.5) is 0 Å². The molecule has 0 radical (unpaired) electrons. The molecule has 3 fully saturated rings. The van der Waals surface area contributed by atoms with Gasteiger partial charge in [-0.05, 0) is 38.5 Å². The molecule has 0 saturated heterocycles. The Labute approximate surface area is 105 Å². The van der Waals surface area contributed by atoms with Crippen LogP contribution in [0.5, 0.6) is 0 Å². The molecule has 0 aromatic carbocycles. The largest absolute Gasteiger partial charge is 0.472 e. The van der Waals surface area contributed by atoms with Crippen molar-refractivity contribution in [1.82, 2.24) is 0 Å². The molecule has 0 aliphatic heterocycles. The van der Waals surface area contributed by atoms with Crippen LogP contribution in [-0.2, 0) is 9.59 Å². The SMILES string of the molecule is O=C(O)C#CC12CCC(C#CC(=O)O)(CC1)CC2. The summed E-state index contributed by atoms with van der Waals surface area (Å²) in [4.78, 5) is 21.0. The Morgan fingerprint density at radius 1 is 0.722 bits per heavy atom. The van der Waals surface area contributed by atoms with Gasteiger partial charge in [0.05, 0.1) is 0 Å². The van der Waals surface area contributed by atoms with E-state index < -0.39 is 11.9 Å². The molecule has 4 nitrogen and oxygen atoms in total. The summed E-state index contributed by atoms with van der Waals surface area (Å²) in [6, 6.07) is 0. The Bertz CT molecular complexity index is 437. The summed E-state index contributed by atoms with van der Waals surface area (Å²) >= 11 is 0. The van der Waals surface area contributed by atoms with E-state index >= 15 is 0 Å². The Kier molecular flexibility index (Phi) is 3.05. The first kappa shape index (κ1) is 12.5. The van der Waals surface area contributed by atoms with E-state index in [0.717, 1.165) is 38.5 Å². The molecule has 0 spiro atoms. The lowest BCUT2D eigenvalue weighted by atomic mass is 9.54. The zero-order valence-corrected chi connectivity index (χ0v) is 9.95. The third-order valence-electron chi connectivity index (χ3n) is 4.12. The fraction of sp³-hybridized carbons (Fsp3) is 0.571. The molecule has 3 saturated carbocycles. The lowest BCUT2D eigenvalue weighted by molar-refractivity contribution is -0.131. The highest BCUT2D eigenvalue weighted by Crippen LogP contribution is 2.56. The van der Waals surface area contributed by atoms with Gasteiger partial charge in [0, 0.05) is 22.7 Å². The van der Waals surface area contributed by atoms with Crippen molar-refractivity contribution in [1.29, 1.82) is 0 Å². The van der Waals surface area contributed by atoms with Gasteiger partial charge < -0.3 is 10.2 Å². The number of hydrogen-bond acceptors (Lipinski definition) is 2. The first-order chi connectivity index (χ1) is 8.45. The van der Waals surface area contributed by atoms with Crippen LogP contribution in [-0.4, -0.2) is 22.2 Å². The molecule has 3 rings (SSSR count). The average molecular weight is 246 g/mol. The Morgan fingerprint density at radius 3 is 1.22 bits per heavy atom. The fourth-order valence-electron chi connectivity index (χ4n) is 2.93. The Balaban J connectivity index is 2.12. The zero-order chi connectivity index (χ0) is 13.2. The summed E-state index contributed by atoms with van der Waals surface area (Å²) < 4.78 is 0. The molecule has 4 heteroatoms. The van der Waals surface area contributed by atoms with Crippen LogP contribution in [0, 0.1) is 34.5 Å². The molecule has 0 amide bonds. The van der Waals surface area contributed by atoms with Gasteiger partial charge in [-0.2, -0.15) is 0 Å². The number of carbonyl (C=O) groups is 2. The molecule has 0 aromatic rings. The van der Waals surface area contributed by atoms with Gasteiger partial charge in [-0.1, -0.05) is 11.8 Å². The van der Waals surface area contributed by atoms with Crippen molar-refractivity contribution in [3.63, 3.8) is 0 Å². The predicted molar refractivity (Wildman–Crippen MR) is 63.4 cm³/mol. The summed E-state index contributed by atoms with van der Waals surface area (Å²) in [5.74, 6) is 8.07. The zero-order valence-electron chi connectivity index (χ0n) is 9.95. The third kappa shape index (κ3) is 2.49. The van der Waals surface area contributed by atoms with Crippen LogP contribution in [0.3, 0.4) is 0 Å². The van der Waals surface area contributed by atoms with Crippen molar-refractivity contribution in [2.24, 2.45) is 10.8 Å². The number of aliphatic carboxylic acids is 2. The molecule has 0 atom stereocenters. The third-order valence-corrected chi connectivity index (χ3v) is 4.12. The molecule has 2 N–H and O–H groups in total. The van der Waals surface area contributed by atoms with Gasteiger partial charge in [0.2, 0.25) is 0 Å². The van der Waals surface area contributed by atoms with Gasteiger partial charge in [-0.3, -0.25) is 0 Å². The molecule has 94 valence electrons. The summed E-state index contributed by atoms with van der Waals surface area (Å²) in [6.45, 7) is 0. The molecule has 0 unspecified atom stereocenters.